The summed E-state index contributed by atoms with van der Waals surface area (Å²) in [5.74, 6) is 0.187. The Labute approximate surface area is 106 Å². The van der Waals surface area contributed by atoms with Gasteiger partial charge in [0.05, 0.1) is 0 Å². The molecule has 0 aliphatic heterocycles. The number of ether oxygens (including phenoxy) is 1. The Hall–Kier alpha value is -1.04. The standard InChI is InChI=1S/C11H14ClNO3S/c1-3-8(2)7-16-10-5-4-9(12)6-11(10)17(13,14)15/h4-6H,2-3,7H2,1H3,(H2,13,14,15). The van der Waals surface area contributed by atoms with Crippen molar-refractivity contribution in [3.05, 3.63) is 35.4 Å². The fourth-order valence-electron chi connectivity index (χ4n) is 1.11. The van der Waals surface area contributed by atoms with Crippen LogP contribution in [-0.2, 0) is 10.0 Å². The van der Waals surface area contributed by atoms with Gasteiger partial charge in [-0.3, -0.25) is 0 Å². The van der Waals surface area contributed by atoms with E-state index in [4.69, 9.17) is 21.5 Å². The van der Waals surface area contributed by atoms with Crippen LogP contribution in [0.1, 0.15) is 13.3 Å². The Bertz CT molecular complexity index is 526. The number of benzene rings is 1. The fraction of sp³-hybridized carbons (Fsp3) is 0.273. The van der Waals surface area contributed by atoms with Gasteiger partial charge in [-0.05, 0) is 30.2 Å². The third-order valence-corrected chi connectivity index (χ3v) is 3.31. The Balaban J connectivity index is 3.04. The van der Waals surface area contributed by atoms with Crippen molar-refractivity contribution in [3.8, 4) is 5.75 Å². The number of primary sulfonamides is 1. The highest BCUT2D eigenvalue weighted by Gasteiger charge is 2.15. The first kappa shape index (κ1) is 14.0. The Morgan fingerprint density at radius 2 is 2.18 bits per heavy atom. The first-order valence-corrected chi connectivity index (χ1v) is 6.89. The summed E-state index contributed by atoms with van der Waals surface area (Å²) in [6.07, 6.45) is 0.762. The fourth-order valence-corrected chi connectivity index (χ4v) is 2.04. The van der Waals surface area contributed by atoms with E-state index in [0.717, 1.165) is 12.0 Å². The van der Waals surface area contributed by atoms with Crippen LogP contribution in [0.5, 0.6) is 5.75 Å². The van der Waals surface area contributed by atoms with Crippen molar-refractivity contribution in [2.75, 3.05) is 6.61 Å². The van der Waals surface area contributed by atoms with Crippen molar-refractivity contribution < 1.29 is 13.2 Å². The third kappa shape index (κ3) is 4.03. The van der Waals surface area contributed by atoms with E-state index in [-0.39, 0.29) is 22.3 Å². The van der Waals surface area contributed by atoms with E-state index in [1.165, 1.54) is 12.1 Å². The molecule has 0 spiro atoms. The van der Waals surface area contributed by atoms with Crippen molar-refractivity contribution >= 4 is 21.6 Å². The minimum Gasteiger partial charge on any atom is -0.488 e. The second kappa shape index (κ2) is 5.53. The van der Waals surface area contributed by atoms with Gasteiger partial charge in [0.1, 0.15) is 17.3 Å². The maximum absolute atomic E-state index is 11.3. The lowest BCUT2D eigenvalue weighted by Gasteiger charge is -2.11. The maximum atomic E-state index is 11.3. The van der Waals surface area contributed by atoms with Gasteiger partial charge in [-0.15, -0.1) is 0 Å². The number of nitrogens with two attached hydrogens (primary N) is 1. The lowest BCUT2D eigenvalue weighted by atomic mass is 10.2. The molecule has 0 saturated carbocycles. The molecule has 0 bridgehead atoms. The molecule has 0 amide bonds. The highest BCUT2D eigenvalue weighted by Crippen LogP contribution is 2.26. The smallest absolute Gasteiger partial charge is 0.241 e. The predicted molar refractivity (Wildman–Crippen MR) is 67.8 cm³/mol. The Morgan fingerprint density at radius 1 is 1.53 bits per heavy atom. The quantitative estimate of drug-likeness (QED) is 0.839. The molecular formula is C11H14ClNO3S. The first-order chi connectivity index (χ1) is 7.84. The van der Waals surface area contributed by atoms with Crippen molar-refractivity contribution in [2.24, 2.45) is 5.14 Å². The average molecular weight is 276 g/mol. The van der Waals surface area contributed by atoms with Gasteiger partial charge in [-0.25, -0.2) is 13.6 Å². The van der Waals surface area contributed by atoms with Crippen molar-refractivity contribution in [1.82, 2.24) is 0 Å². The van der Waals surface area contributed by atoms with Crippen molar-refractivity contribution in [1.29, 1.82) is 0 Å². The van der Waals surface area contributed by atoms with Gasteiger partial charge in [0, 0.05) is 5.02 Å². The van der Waals surface area contributed by atoms with Gasteiger partial charge in [0.25, 0.3) is 0 Å². The molecule has 1 aromatic carbocycles. The van der Waals surface area contributed by atoms with Gasteiger partial charge in [0.15, 0.2) is 0 Å². The summed E-state index contributed by atoms with van der Waals surface area (Å²) in [4.78, 5) is -0.117. The molecule has 0 atom stereocenters. The van der Waals surface area contributed by atoms with Crippen LogP contribution in [0.3, 0.4) is 0 Å². The molecule has 2 N–H and O–H groups in total. The third-order valence-electron chi connectivity index (χ3n) is 2.14. The zero-order valence-electron chi connectivity index (χ0n) is 9.44. The maximum Gasteiger partial charge on any atom is 0.241 e. The van der Waals surface area contributed by atoms with Crippen LogP contribution in [0, 0.1) is 0 Å². The van der Waals surface area contributed by atoms with Crippen molar-refractivity contribution in [2.45, 2.75) is 18.2 Å². The first-order valence-electron chi connectivity index (χ1n) is 4.96. The minimum atomic E-state index is -3.85. The molecule has 1 aromatic rings. The highest BCUT2D eigenvalue weighted by atomic mass is 35.5. The number of hydrogen-bond acceptors (Lipinski definition) is 3. The second-order valence-electron chi connectivity index (χ2n) is 3.53. The van der Waals surface area contributed by atoms with Crippen molar-refractivity contribution in [3.63, 3.8) is 0 Å². The van der Waals surface area contributed by atoms with E-state index in [1.54, 1.807) is 6.07 Å². The van der Waals surface area contributed by atoms with E-state index in [2.05, 4.69) is 6.58 Å². The molecule has 0 radical (unpaired) electrons. The molecule has 0 aliphatic rings. The highest BCUT2D eigenvalue weighted by molar-refractivity contribution is 7.89. The Kier molecular flexibility index (Phi) is 4.56. The van der Waals surface area contributed by atoms with Gasteiger partial charge >= 0.3 is 0 Å². The predicted octanol–water partition coefficient (Wildman–Crippen LogP) is 2.33. The zero-order chi connectivity index (χ0) is 13.1. The van der Waals surface area contributed by atoms with E-state index in [9.17, 15) is 8.42 Å². The SMILES string of the molecule is C=C(CC)COc1ccc(Cl)cc1S(N)(=O)=O. The van der Waals surface area contributed by atoms with Crippen LogP contribution in [0.2, 0.25) is 5.02 Å². The number of halogens is 1. The van der Waals surface area contributed by atoms with E-state index >= 15 is 0 Å². The summed E-state index contributed by atoms with van der Waals surface area (Å²) in [5.41, 5.74) is 0.861. The lowest BCUT2D eigenvalue weighted by Crippen LogP contribution is -2.14. The number of sulfonamides is 1. The molecule has 0 unspecified atom stereocenters. The molecule has 0 aliphatic carbocycles. The molecule has 1 rings (SSSR count). The largest absolute Gasteiger partial charge is 0.488 e. The molecular weight excluding hydrogens is 262 g/mol. The van der Waals surface area contributed by atoms with E-state index < -0.39 is 10.0 Å². The number of rotatable bonds is 5. The molecule has 0 heterocycles. The normalized spacial score (nSPS) is 11.2. The summed E-state index contributed by atoms with van der Waals surface area (Å²) < 4.78 is 28.0. The summed E-state index contributed by atoms with van der Waals surface area (Å²) in [6, 6.07) is 4.28. The van der Waals surface area contributed by atoms with Crippen LogP contribution in [-0.4, -0.2) is 15.0 Å². The van der Waals surface area contributed by atoms with Crippen LogP contribution < -0.4 is 9.88 Å². The molecule has 17 heavy (non-hydrogen) atoms. The van der Waals surface area contributed by atoms with E-state index in [0.29, 0.717) is 0 Å². The van der Waals surface area contributed by atoms with Crippen LogP contribution in [0.15, 0.2) is 35.2 Å². The Morgan fingerprint density at radius 3 is 2.71 bits per heavy atom. The monoisotopic (exact) mass is 275 g/mol. The summed E-state index contributed by atoms with van der Waals surface area (Å²) >= 11 is 5.72. The van der Waals surface area contributed by atoms with E-state index in [1.807, 2.05) is 6.92 Å². The van der Waals surface area contributed by atoms with Gasteiger partial charge in [-0.1, -0.05) is 25.1 Å². The van der Waals surface area contributed by atoms with Crippen LogP contribution >= 0.6 is 11.6 Å². The summed E-state index contributed by atoms with van der Waals surface area (Å²) in [7, 11) is -3.85. The average Bonchev–Trinajstić information content (AvgIpc) is 2.25. The molecule has 4 nitrogen and oxygen atoms in total. The van der Waals surface area contributed by atoms with Crippen LogP contribution in [0.25, 0.3) is 0 Å². The van der Waals surface area contributed by atoms with Crippen LogP contribution in [0.4, 0.5) is 0 Å². The molecule has 0 fully saturated rings. The van der Waals surface area contributed by atoms with Gasteiger partial charge in [0.2, 0.25) is 10.0 Å². The summed E-state index contributed by atoms with van der Waals surface area (Å²) in [6.45, 7) is 5.96. The lowest BCUT2D eigenvalue weighted by molar-refractivity contribution is 0.340. The summed E-state index contributed by atoms with van der Waals surface area (Å²) in [5, 5.41) is 5.36. The van der Waals surface area contributed by atoms with Gasteiger partial charge in [-0.2, -0.15) is 0 Å². The topological polar surface area (TPSA) is 69.4 Å². The minimum absolute atomic E-state index is 0.117. The van der Waals surface area contributed by atoms with Gasteiger partial charge < -0.3 is 4.74 Å². The zero-order valence-corrected chi connectivity index (χ0v) is 11.0. The molecule has 94 valence electrons. The molecule has 0 aromatic heterocycles. The number of hydrogen-bond donors (Lipinski definition) is 1. The molecule has 6 heteroatoms. The molecule has 0 saturated heterocycles. The second-order valence-corrected chi connectivity index (χ2v) is 5.49.